The van der Waals surface area contributed by atoms with Crippen LogP contribution in [0, 0.1) is 0 Å². The van der Waals surface area contributed by atoms with E-state index in [2.05, 4.69) is 10.2 Å². The molecule has 0 aliphatic rings. The first-order valence-corrected chi connectivity index (χ1v) is 4.72. The zero-order chi connectivity index (χ0) is 10.7. The molecule has 15 heavy (non-hydrogen) atoms. The molecule has 0 aliphatic carbocycles. The van der Waals surface area contributed by atoms with Crippen LogP contribution in [0.4, 0.5) is 0 Å². The van der Waals surface area contributed by atoms with E-state index < -0.39 is 0 Å². The summed E-state index contributed by atoms with van der Waals surface area (Å²) in [5.74, 6) is 0.816. The van der Waals surface area contributed by atoms with Gasteiger partial charge in [0.15, 0.2) is 0 Å². The molecule has 0 atom stereocenters. The van der Waals surface area contributed by atoms with Gasteiger partial charge in [-0.25, -0.2) is 0 Å². The van der Waals surface area contributed by atoms with Crippen LogP contribution in [0.25, 0.3) is 11.3 Å². The molecule has 4 heteroatoms. The molecular weight excluding hydrogens is 190 g/mol. The Labute approximate surface area is 88.1 Å². The monoisotopic (exact) mass is 203 g/mol. The SMILES string of the molecule is COc1ccccc1-c1[nH]ncc1CN. The minimum atomic E-state index is 0.462. The summed E-state index contributed by atoms with van der Waals surface area (Å²) < 4.78 is 5.28. The third-order valence-electron chi connectivity index (χ3n) is 2.31. The fraction of sp³-hybridized carbons (Fsp3) is 0.182. The number of benzene rings is 1. The van der Waals surface area contributed by atoms with Crippen molar-refractivity contribution in [2.24, 2.45) is 5.73 Å². The number of H-pyrrole nitrogens is 1. The molecule has 0 saturated heterocycles. The molecule has 4 nitrogen and oxygen atoms in total. The molecule has 0 aliphatic heterocycles. The van der Waals surface area contributed by atoms with Crippen LogP contribution in [-0.4, -0.2) is 17.3 Å². The average Bonchev–Trinajstić information content (AvgIpc) is 2.76. The number of aromatic nitrogens is 2. The largest absolute Gasteiger partial charge is 0.496 e. The maximum absolute atomic E-state index is 5.62. The van der Waals surface area contributed by atoms with Crippen molar-refractivity contribution in [2.45, 2.75) is 6.54 Å². The number of nitrogens with zero attached hydrogens (tertiary/aromatic N) is 1. The Kier molecular flexibility index (Phi) is 2.69. The molecule has 0 bridgehead atoms. The van der Waals surface area contributed by atoms with Crippen molar-refractivity contribution >= 4 is 0 Å². The van der Waals surface area contributed by atoms with Crippen molar-refractivity contribution in [2.75, 3.05) is 7.11 Å². The molecule has 0 saturated carbocycles. The van der Waals surface area contributed by atoms with E-state index in [1.54, 1.807) is 13.3 Å². The second kappa shape index (κ2) is 4.14. The van der Waals surface area contributed by atoms with Crippen molar-refractivity contribution in [1.29, 1.82) is 0 Å². The van der Waals surface area contributed by atoms with Crippen molar-refractivity contribution in [3.63, 3.8) is 0 Å². The highest BCUT2D eigenvalue weighted by Gasteiger charge is 2.10. The second-order valence-electron chi connectivity index (χ2n) is 3.17. The van der Waals surface area contributed by atoms with Gasteiger partial charge in [-0.15, -0.1) is 0 Å². The van der Waals surface area contributed by atoms with E-state index in [-0.39, 0.29) is 0 Å². The summed E-state index contributed by atoms with van der Waals surface area (Å²) in [6.45, 7) is 0.462. The van der Waals surface area contributed by atoms with Crippen LogP contribution in [0.3, 0.4) is 0 Å². The Morgan fingerprint density at radius 3 is 2.93 bits per heavy atom. The van der Waals surface area contributed by atoms with E-state index in [4.69, 9.17) is 10.5 Å². The number of rotatable bonds is 3. The fourth-order valence-corrected chi connectivity index (χ4v) is 1.55. The summed E-state index contributed by atoms with van der Waals surface area (Å²) in [6, 6.07) is 7.78. The highest BCUT2D eigenvalue weighted by molar-refractivity contribution is 5.69. The standard InChI is InChI=1S/C11H13N3O/c1-15-10-5-3-2-4-9(10)11-8(6-12)7-13-14-11/h2-5,7H,6,12H2,1H3,(H,13,14). The second-order valence-corrected chi connectivity index (χ2v) is 3.17. The molecule has 1 aromatic carbocycles. The van der Waals surface area contributed by atoms with E-state index in [9.17, 15) is 0 Å². The van der Waals surface area contributed by atoms with E-state index in [1.165, 1.54) is 0 Å². The van der Waals surface area contributed by atoms with Crippen LogP contribution in [0.5, 0.6) is 5.75 Å². The molecule has 0 unspecified atom stereocenters. The van der Waals surface area contributed by atoms with E-state index in [0.717, 1.165) is 22.6 Å². The minimum absolute atomic E-state index is 0.462. The van der Waals surface area contributed by atoms with Gasteiger partial charge >= 0.3 is 0 Å². The van der Waals surface area contributed by atoms with Crippen molar-refractivity contribution in [3.8, 4) is 17.0 Å². The number of hydrogen-bond acceptors (Lipinski definition) is 3. The topological polar surface area (TPSA) is 63.9 Å². The molecule has 0 radical (unpaired) electrons. The van der Waals surface area contributed by atoms with Gasteiger partial charge in [-0.1, -0.05) is 12.1 Å². The molecule has 0 amide bonds. The highest BCUT2D eigenvalue weighted by Crippen LogP contribution is 2.29. The van der Waals surface area contributed by atoms with Gasteiger partial charge in [0.1, 0.15) is 5.75 Å². The summed E-state index contributed by atoms with van der Waals surface area (Å²) >= 11 is 0. The molecule has 1 aromatic heterocycles. The molecular formula is C11H13N3O. The number of nitrogens with one attached hydrogen (secondary N) is 1. The third-order valence-corrected chi connectivity index (χ3v) is 2.31. The lowest BCUT2D eigenvalue weighted by atomic mass is 10.1. The molecule has 0 spiro atoms. The highest BCUT2D eigenvalue weighted by atomic mass is 16.5. The predicted molar refractivity (Wildman–Crippen MR) is 58.5 cm³/mol. The molecule has 1 heterocycles. The average molecular weight is 203 g/mol. The van der Waals surface area contributed by atoms with Crippen LogP contribution in [0.2, 0.25) is 0 Å². The summed E-state index contributed by atoms with van der Waals surface area (Å²) in [6.07, 6.45) is 1.74. The number of nitrogens with two attached hydrogens (primary N) is 1. The van der Waals surface area contributed by atoms with Crippen LogP contribution >= 0.6 is 0 Å². The van der Waals surface area contributed by atoms with E-state index >= 15 is 0 Å². The third kappa shape index (κ3) is 1.71. The maximum atomic E-state index is 5.62. The number of hydrogen-bond donors (Lipinski definition) is 2. The van der Waals surface area contributed by atoms with Crippen LogP contribution in [-0.2, 0) is 6.54 Å². The van der Waals surface area contributed by atoms with Crippen LogP contribution in [0.1, 0.15) is 5.56 Å². The van der Waals surface area contributed by atoms with Crippen LogP contribution in [0.15, 0.2) is 30.5 Å². The van der Waals surface area contributed by atoms with Gasteiger partial charge in [-0.05, 0) is 12.1 Å². The number of aromatic amines is 1. The lowest BCUT2D eigenvalue weighted by Crippen LogP contribution is -1.97. The number of methoxy groups -OCH3 is 1. The van der Waals surface area contributed by atoms with Gasteiger partial charge in [0, 0.05) is 17.7 Å². The molecule has 2 rings (SSSR count). The van der Waals surface area contributed by atoms with Gasteiger partial charge in [0.25, 0.3) is 0 Å². The van der Waals surface area contributed by atoms with Crippen LogP contribution < -0.4 is 10.5 Å². The summed E-state index contributed by atoms with van der Waals surface area (Å²) in [5.41, 5.74) is 8.52. The number of ether oxygens (including phenoxy) is 1. The first kappa shape index (κ1) is 9.73. The number of para-hydroxylation sites is 1. The molecule has 78 valence electrons. The first-order valence-electron chi connectivity index (χ1n) is 4.72. The lowest BCUT2D eigenvalue weighted by Gasteiger charge is -2.07. The molecule has 3 N–H and O–H groups in total. The van der Waals surface area contributed by atoms with Gasteiger partial charge in [-0.3, -0.25) is 5.10 Å². The predicted octanol–water partition coefficient (Wildman–Crippen LogP) is 1.54. The Hall–Kier alpha value is -1.81. The fourth-order valence-electron chi connectivity index (χ4n) is 1.55. The summed E-state index contributed by atoms with van der Waals surface area (Å²) in [5, 5.41) is 6.92. The van der Waals surface area contributed by atoms with Gasteiger partial charge in [-0.2, -0.15) is 5.10 Å². The van der Waals surface area contributed by atoms with Crippen molar-refractivity contribution < 1.29 is 4.74 Å². The lowest BCUT2D eigenvalue weighted by molar-refractivity contribution is 0.416. The minimum Gasteiger partial charge on any atom is -0.496 e. The summed E-state index contributed by atoms with van der Waals surface area (Å²) in [7, 11) is 1.65. The molecule has 2 aromatic rings. The van der Waals surface area contributed by atoms with Crippen molar-refractivity contribution in [3.05, 3.63) is 36.0 Å². The van der Waals surface area contributed by atoms with Gasteiger partial charge in [0.2, 0.25) is 0 Å². The Morgan fingerprint density at radius 2 is 2.20 bits per heavy atom. The smallest absolute Gasteiger partial charge is 0.128 e. The van der Waals surface area contributed by atoms with E-state index in [1.807, 2.05) is 24.3 Å². The Bertz CT molecular complexity index is 451. The normalized spacial score (nSPS) is 10.3. The van der Waals surface area contributed by atoms with Gasteiger partial charge < -0.3 is 10.5 Å². The summed E-state index contributed by atoms with van der Waals surface area (Å²) in [4.78, 5) is 0. The van der Waals surface area contributed by atoms with Gasteiger partial charge in [0.05, 0.1) is 19.0 Å². The quantitative estimate of drug-likeness (QED) is 0.795. The zero-order valence-electron chi connectivity index (χ0n) is 8.53. The Balaban J connectivity index is 2.53. The maximum Gasteiger partial charge on any atom is 0.128 e. The first-order chi connectivity index (χ1) is 7.36. The Morgan fingerprint density at radius 1 is 1.40 bits per heavy atom. The zero-order valence-corrected chi connectivity index (χ0v) is 8.53. The molecule has 0 fully saturated rings. The van der Waals surface area contributed by atoms with Crippen molar-refractivity contribution in [1.82, 2.24) is 10.2 Å². The van der Waals surface area contributed by atoms with E-state index in [0.29, 0.717) is 6.54 Å².